The fraction of sp³-hybridized carbons (Fsp3) is 0.500. The SMILES string of the molecule is Nc1ccc(C(=O)NCC2CCCC(O)C2)c(N)c1. The molecule has 0 aliphatic heterocycles. The second-order valence-electron chi connectivity index (χ2n) is 5.24. The number of carbonyl (C=O) groups is 1. The Kier molecular flexibility index (Phi) is 4.27. The number of aliphatic hydroxyl groups is 1. The molecule has 1 fully saturated rings. The van der Waals surface area contributed by atoms with E-state index >= 15 is 0 Å². The van der Waals surface area contributed by atoms with E-state index < -0.39 is 0 Å². The maximum absolute atomic E-state index is 12.0. The summed E-state index contributed by atoms with van der Waals surface area (Å²) in [6.45, 7) is 0.583. The van der Waals surface area contributed by atoms with Crippen LogP contribution in [0.4, 0.5) is 11.4 Å². The maximum atomic E-state index is 12.0. The van der Waals surface area contributed by atoms with Gasteiger partial charge in [0, 0.05) is 17.9 Å². The van der Waals surface area contributed by atoms with Crippen molar-refractivity contribution >= 4 is 17.3 Å². The Balaban J connectivity index is 1.90. The zero-order chi connectivity index (χ0) is 13.8. The molecule has 1 aromatic carbocycles. The summed E-state index contributed by atoms with van der Waals surface area (Å²) < 4.78 is 0. The number of rotatable bonds is 3. The van der Waals surface area contributed by atoms with Gasteiger partial charge in [0.15, 0.2) is 0 Å². The highest BCUT2D eigenvalue weighted by Gasteiger charge is 2.21. The Morgan fingerprint density at radius 1 is 1.37 bits per heavy atom. The van der Waals surface area contributed by atoms with Gasteiger partial charge in [-0.25, -0.2) is 0 Å². The van der Waals surface area contributed by atoms with Gasteiger partial charge in [0.05, 0.1) is 11.7 Å². The van der Waals surface area contributed by atoms with Gasteiger partial charge in [-0.15, -0.1) is 0 Å². The van der Waals surface area contributed by atoms with Crippen molar-refractivity contribution in [3.8, 4) is 0 Å². The lowest BCUT2D eigenvalue weighted by Crippen LogP contribution is -2.33. The van der Waals surface area contributed by atoms with Crippen LogP contribution in [0.15, 0.2) is 18.2 Å². The molecular weight excluding hydrogens is 242 g/mol. The Hall–Kier alpha value is -1.75. The summed E-state index contributed by atoms with van der Waals surface area (Å²) in [5.41, 5.74) is 12.8. The van der Waals surface area contributed by atoms with Crippen LogP contribution in [-0.4, -0.2) is 23.7 Å². The van der Waals surface area contributed by atoms with Crippen LogP contribution in [-0.2, 0) is 0 Å². The second kappa shape index (κ2) is 5.93. The molecule has 0 radical (unpaired) electrons. The molecule has 1 aromatic rings. The summed E-state index contributed by atoms with van der Waals surface area (Å²) in [6.07, 6.45) is 3.48. The lowest BCUT2D eigenvalue weighted by molar-refractivity contribution is 0.0874. The summed E-state index contributed by atoms with van der Waals surface area (Å²) in [5.74, 6) is 0.167. The molecule has 2 rings (SSSR count). The monoisotopic (exact) mass is 263 g/mol. The second-order valence-corrected chi connectivity index (χ2v) is 5.24. The number of hydrogen-bond donors (Lipinski definition) is 4. The van der Waals surface area contributed by atoms with Crippen LogP contribution in [0.25, 0.3) is 0 Å². The van der Waals surface area contributed by atoms with Crippen LogP contribution in [0, 0.1) is 5.92 Å². The van der Waals surface area contributed by atoms with Gasteiger partial charge in [-0.3, -0.25) is 4.79 Å². The number of nitrogen functional groups attached to an aromatic ring is 2. The molecule has 1 aliphatic carbocycles. The van der Waals surface area contributed by atoms with Crippen LogP contribution >= 0.6 is 0 Å². The van der Waals surface area contributed by atoms with Gasteiger partial charge in [-0.2, -0.15) is 0 Å². The fourth-order valence-electron chi connectivity index (χ4n) is 2.57. The molecule has 0 heterocycles. The Bertz CT molecular complexity index is 462. The molecule has 6 N–H and O–H groups in total. The number of anilines is 2. The van der Waals surface area contributed by atoms with E-state index in [1.54, 1.807) is 18.2 Å². The molecule has 104 valence electrons. The summed E-state index contributed by atoms with van der Waals surface area (Å²) >= 11 is 0. The number of aliphatic hydroxyl groups excluding tert-OH is 1. The maximum Gasteiger partial charge on any atom is 0.253 e. The molecule has 1 saturated carbocycles. The van der Waals surface area contributed by atoms with Crippen molar-refractivity contribution in [2.24, 2.45) is 5.92 Å². The number of hydrogen-bond acceptors (Lipinski definition) is 4. The van der Waals surface area contributed by atoms with Gasteiger partial charge >= 0.3 is 0 Å². The zero-order valence-electron chi connectivity index (χ0n) is 10.9. The van der Waals surface area contributed by atoms with Crippen LogP contribution in [0.5, 0.6) is 0 Å². The van der Waals surface area contributed by atoms with Crippen LogP contribution < -0.4 is 16.8 Å². The molecule has 2 atom stereocenters. The standard InChI is InChI=1S/C14H21N3O2/c15-10-4-5-12(13(16)7-10)14(19)17-8-9-2-1-3-11(18)6-9/h4-5,7,9,11,18H,1-3,6,8,15-16H2,(H,17,19). The van der Waals surface area contributed by atoms with Gasteiger partial charge < -0.3 is 21.9 Å². The predicted molar refractivity (Wildman–Crippen MR) is 75.6 cm³/mol. The van der Waals surface area contributed by atoms with Crippen molar-refractivity contribution < 1.29 is 9.90 Å². The average molecular weight is 263 g/mol. The first kappa shape index (κ1) is 13.7. The molecule has 0 bridgehead atoms. The molecular formula is C14H21N3O2. The van der Waals surface area contributed by atoms with E-state index in [2.05, 4.69) is 5.32 Å². The van der Waals surface area contributed by atoms with Gasteiger partial charge in [-0.1, -0.05) is 6.42 Å². The minimum atomic E-state index is -0.225. The summed E-state index contributed by atoms with van der Waals surface area (Å²) in [4.78, 5) is 12.0. The molecule has 0 spiro atoms. The first-order valence-electron chi connectivity index (χ1n) is 6.67. The first-order valence-corrected chi connectivity index (χ1v) is 6.67. The number of nitrogens with two attached hydrogens (primary N) is 2. The molecule has 0 saturated heterocycles. The van der Waals surface area contributed by atoms with Crippen molar-refractivity contribution in [3.63, 3.8) is 0 Å². The minimum absolute atomic E-state index is 0.183. The van der Waals surface area contributed by atoms with Crippen molar-refractivity contribution in [3.05, 3.63) is 23.8 Å². The molecule has 5 heteroatoms. The average Bonchev–Trinajstić information content (AvgIpc) is 2.36. The Morgan fingerprint density at radius 3 is 2.84 bits per heavy atom. The largest absolute Gasteiger partial charge is 0.399 e. The predicted octanol–water partition coefficient (Wildman–Crippen LogP) is 1.13. The van der Waals surface area contributed by atoms with E-state index in [0.717, 1.165) is 25.7 Å². The third-order valence-electron chi connectivity index (χ3n) is 3.63. The van der Waals surface area contributed by atoms with E-state index in [4.69, 9.17) is 11.5 Å². The molecule has 1 aliphatic rings. The topological polar surface area (TPSA) is 101 Å². The molecule has 5 nitrogen and oxygen atoms in total. The third-order valence-corrected chi connectivity index (χ3v) is 3.63. The van der Waals surface area contributed by atoms with Gasteiger partial charge in [-0.05, 0) is 43.4 Å². The van der Waals surface area contributed by atoms with Crippen molar-refractivity contribution in [2.45, 2.75) is 31.8 Å². The molecule has 1 amide bonds. The van der Waals surface area contributed by atoms with E-state index in [9.17, 15) is 9.90 Å². The lowest BCUT2D eigenvalue weighted by atomic mass is 9.87. The van der Waals surface area contributed by atoms with E-state index in [-0.39, 0.29) is 12.0 Å². The molecule has 2 unspecified atom stereocenters. The minimum Gasteiger partial charge on any atom is -0.399 e. The quantitative estimate of drug-likeness (QED) is 0.614. The highest BCUT2D eigenvalue weighted by molar-refractivity contribution is 5.99. The number of amides is 1. The smallest absolute Gasteiger partial charge is 0.253 e. The molecule has 0 aromatic heterocycles. The van der Waals surface area contributed by atoms with E-state index in [1.165, 1.54) is 0 Å². The van der Waals surface area contributed by atoms with Crippen molar-refractivity contribution in [1.82, 2.24) is 5.32 Å². The highest BCUT2D eigenvalue weighted by Crippen LogP contribution is 2.23. The molecule has 19 heavy (non-hydrogen) atoms. The summed E-state index contributed by atoms with van der Waals surface area (Å²) in [6, 6.07) is 4.88. The number of carbonyl (C=O) groups excluding carboxylic acids is 1. The Morgan fingerprint density at radius 2 is 2.16 bits per heavy atom. The number of nitrogens with one attached hydrogen (secondary N) is 1. The van der Waals surface area contributed by atoms with Crippen LogP contribution in [0.1, 0.15) is 36.0 Å². The third kappa shape index (κ3) is 3.61. The van der Waals surface area contributed by atoms with Gasteiger partial charge in [0.2, 0.25) is 0 Å². The summed E-state index contributed by atoms with van der Waals surface area (Å²) in [5, 5.41) is 12.5. The van der Waals surface area contributed by atoms with Gasteiger partial charge in [0.25, 0.3) is 5.91 Å². The van der Waals surface area contributed by atoms with E-state index in [0.29, 0.717) is 29.4 Å². The fourth-order valence-corrected chi connectivity index (χ4v) is 2.57. The van der Waals surface area contributed by atoms with Crippen molar-refractivity contribution in [1.29, 1.82) is 0 Å². The number of benzene rings is 1. The van der Waals surface area contributed by atoms with Crippen LogP contribution in [0.3, 0.4) is 0 Å². The van der Waals surface area contributed by atoms with Crippen molar-refractivity contribution in [2.75, 3.05) is 18.0 Å². The lowest BCUT2D eigenvalue weighted by Gasteiger charge is -2.25. The van der Waals surface area contributed by atoms with Gasteiger partial charge in [0.1, 0.15) is 0 Å². The zero-order valence-corrected chi connectivity index (χ0v) is 10.9. The normalized spacial score (nSPS) is 23.0. The van der Waals surface area contributed by atoms with E-state index in [1.807, 2.05) is 0 Å². The first-order chi connectivity index (χ1) is 9.06. The van der Waals surface area contributed by atoms with Crippen LogP contribution in [0.2, 0.25) is 0 Å². The summed E-state index contributed by atoms with van der Waals surface area (Å²) in [7, 11) is 0. The Labute approximate surface area is 113 Å². The highest BCUT2D eigenvalue weighted by atomic mass is 16.3.